The Labute approximate surface area is 161 Å². The van der Waals surface area contributed by atoms with Gasteiger partial charge in [-0.05, 0) is 40.2 Å². The van der Waals surface area contributed by atoms with Crippen molar-refractivity contribution >= 4 is 6.09 Å². The van der Waals surface area contributed by atoms with Gasteiger partial charge in [-0.25, -0.2) is 4.79 Å². The lowest BCUT2D eigenvalue weighted by molar-refractivity contribution is -0.0698. The highest BCUT2D eigenvalue weighted by Gasteiger charge is 2.48. The third-order valence-electron chi connectivity index (χ3n) is 4.20. The Kier molecular flexibility index (Phi) is 7.03. The van der Waals surface area contributed by atoms with Gasteiger partial charge in [0.1, 0.15) is 11.3 Å². The van der Waals surface area contributed by atoms with Crippen LogP contribution in [0.15, 0.2) is 42.5 Å². The summed E-state index contributed by atoms with van der Waals surface area (Å²) in [6, 6.07) is 9.45. The Balaban J connectivity index is 2.20. The van der Waals surface area contributed by atoms with Crippen LogP contribution in [0.4, 0.5) is 4.79 Å². The molecule has 0 saturated carbocycles. The van der Waals surface area contributed by atoms with E-state index in [-0.39, 0.29) is 12.6 Å². The minimum Gasteiger partial charge on any atom is -0.444 e. The molecule has 2 atom stereocenters. The number of amides is 1. The average Bonchev–Trinajstić information content (AvgIpc) is 2.89. The molecule has 1 aliphatic rings. The highest BCUT2D eigenvalue weighted by molar-refractivity contribution is 5.70. The van der Waals surface area contributed by atoms with Crippen molar-refractivity contribution in [3.63, 3.8) is 0 Å². The van der Waals surface area contributed by atoms with E-state index < -0.39 is 23.5 Å². The number of hydrogen-bond donors (Lipinski definition) is 1. The number of hydrogen-bond acceptors (Lipinski definition) is 5. The second-order valence-electron chi connectivity index (χ2n) is 8.05. The van der Waals surface area contributed by atoms with Crippen molar-refractivity contribution in [1.29, 1.82) is 0 Å². The van der Waals surface area contributed by atoms with Gasteiger partial charge in [-0.3, -0.25) is 4.90 Å². The van der Waals surface area contributed by atoms with E-state index in [1.165, 1.54) is 0 Å². The van der Waals surface area contributed by atoms with E-state index in [2.05, 4.69) is 0 Å². The summed E-state index contributed by atoms with van der Waals surface area (Å²) in [5, 5.41) is 9.19. The van der Waals surface area contributed by atoms with Crippen LogP contribution in [0.3, 0.4) is 0 Å². The fourth-order valence-electron chi connectivity index (χ4n) is 3.00. The molecule has 1 N–H and O–H groups in total. The number of carbonyl (C=O) groups excluding carboxylic acids is 1. The first-order valence-corrected chi connectivity index (χ1v) is 9.23. The van der Waals surface area contributed by atoms with Gasteiger partial charge in [0.2, 0.25) is 0 Å². The number of aliphatic hydroxyl groups is 1. The monoisotopic (exact) mass is 377 g/mol. The molecule has 27 heavy (non-hydrogen) atoms. The molecule has 1 fully saturated rings. The van der Waals surface area contributed by atoms with Crippen LogP contribution in [0.5, 0.6) is 0 Å². The van der Waals surface area contributed by atoms with Gasteiger partial charge in [-0.15, -0.1) is 0 Å². The molecular formula is C21H31NO5. The lowest BCUT2D eigenvalue weighted by Crippen LogP contribution is -2.53. The Morgan fingerprint density at radius 2 is 2.04 bits per heavy atom. The fourth-order valence-corrected chi connectivity index (χ4v) is 3.00. The number of aliphatic hydroxyl groups excluding tert-OH is 1. The Morgan fingerprint density at radius 1 is 1.37 bits per heavy atom. The summed E-state index contributed by atoms with van der Waals surface area (Å²) >= 11 is 0. The van der Waals surface area contributed by atoms with Crippen molar-refractivity contribution < 1.29 is 24.1 Å². The zero-order chi connectivity index (χ0) is 20.1. The summed E-state index contributed by atoms with van der Waals surface area (Å²) in [6.07, 6.45) is 2.51. The zero-order valence-electron chi connectivity index (χ0n) is 16.8. The quantitative estimate of drug-likeness (QED) is 0.769. The molecule has 1 aromatic carbocycles. The van der Waals surface area contributed by atoms with Crippen LogP contribution in [0.2, 0.25) is 0 Å². The molecule has 2 rings (SSSR count). The maximum Gasteiger partial charge on any atom is 0.413 e. The summed E-state index contributed by atoms with van der Waals surface area (Å²) in [7, 11) is 0. The summed E-state index contributed by atoms with van der Waals surface area (Å²) in [5.74, 6) is 0. The molecule has 1 aromatic rings. The van der Waals surface area contributed by atoms with Crippen LogP contribution >= 0.6 is 0 Å². The van der Waals surface area contributed by atoms with Crippen LogP contribution in [0.1, 0.15) is 40.2 Å². The van der Waals surface area contributed by atoms with Gasteiger partial charge < -0.3 is 19.3 Å². The first-order chi connectivity index (χ1) is 12.6. The number of ether oxygens (including phenoxy) is 3. The van der Waals surface area contributed by atoms with Crippen LogP contribution in [0, 0.1) is 0 Å². The Hall–Kier alpha value is -1.89. The first-order valence-electron chi connectivity index (χ1n) is 9.23. The highest BCUT2D eigenvalue weighted by atomic mass is 16.6. The summed E-state index contributed by atoms with van der Waals surface area (Å²) < 4.78 is 17.5. The maximum atomic E-state index is 12.8. The summed E-state index contributed by atoms with van der Waals surface area (Å²) in [4.78, 5) is 14.4. The predicted octanol–water partition coefficient (Wildman–Crippen LogP) is 3.49. The number of benzene rings is 1. The maximum absolute atomic E-state index is 12.8. The van der Waals surface area contributed by atoms with E-state index in [1.54, 1.807) is 17.1 Å². The highest BCUT2D eigenvalue weighted by Crippen LogP contribution is 2.32. The van der Waals surface area contributed by atoms with Gasteiger partial charge in [-0.1, -0.05) is 42.5 Å². The van der Waals surface area contributed by atoms with Gasteiger partial charge in [0, 0.05) is 0 Å². The molecule has 0 aliphatic carbocycles. The number of nitrogens with zero attached hydrogens (tertiary/aromatic N) is 1. The fraction of sp³-hybridized carbons (Fsp3) is 0.571. The molecule has 1 amide bonds. The third kappa shape index (κ3) is 6.06. The molecule has 0 bridgehead atoms. The van der Waals surface area contributed by atoms with Gasteiger partial charge in [0.05, 0.1) is 32.0 Å². The minimum atomic E-state index is -0.811. The standard InChI is InChI=1S/C21H31NO5/c1-20(2,3)27-19(24)22-17(15-26-21(22,4)5)18(12-9-13-23)25-14-16-10-7-6-8-11-16/h6-12,17-18,23H,13-15H2,1-5H3/b12-9+/t17-,18+/m0/s1. The Morgan fingerprint density at radius 3 is 2.63 bits per heavy atom. The molecule has 1 aliphatic heterocycles. The van der Waals surface area contributed by atoms with Crippen LogP contribution in [0.25, 0.3) is 0 Å². The summed E-state index contributed by atoms with van der Waals surface area (Å²) in [5.41, 5.74) is -0.391. The molecule has 0 aromatic heterocycles. The van der Waals surface area contributed by atoms with Crippen LogP contribution in [-0.2, 0) is 20.8 Å². The largest absolute Gasteiger partial charge is 0.444 e. The molecule has 1 saturated heterocycles. The lowest BCUT2D eigenvalue weighted by Gasteiger charge is -2.37. The molecule has 0 unspecified atom stereocenters. The first kappa shape index (κ1) is 21.4. The minimum absolute atomic E-state index is 0.103. The second kappa shape index (κ2) is 8.87. The van der Waals surface area contributed by atoms with Crippen molar-refractivity contribution in [3.05, 3.63) is 48.0 Å². The zero-order valence-corrected chi connectivity index (χ0v) is 16.8. The molecule has 0 radical (unpaired) electrons. The van der Waals surface area contributed by atoms with Crippen molar-refractivity contribution in [2.24, 2.45) is 0 Å². The van der Waals surface area contributed by atoms with Crippen molar-refractivity contribution in [2.75, 3.05) is 13.2 Å². The lowest BCUT2D eigenvalue weighted by atomic mass is 10.1. The molecule has 6 nitrogen and oxygen atoms in total. The van der Waals surface area contributed by atoms with E-state index in [0.717, 1.165) is 5.56 Å². The molecule has 1 heterocycles. The Bertz CT molecular complexity index is 636. The van der Waals surface area contributed by atoms with Crippen molar-refractivity contribution in [2.45, 2.75) is 64.7 Å². The van der Waals surface area contributed by atoms with Gasteiger partial charge in [0.15, 0.2) is 0 Å². The van der Waals surface area contributed by atoms with Gasteiger partial charge >= 0.3 is 6.09 Å². The molecule has 0 spiro atoms. The number of carbonyl (C=O) groups is 1. The van der Waals surface area contributed by atoms with Crippen molar-refractivity contribution in [3.8, 4) is 0 Å². The predicted molar refractivity (Wildman–Crippen MR) is 103 cm³/mol. The van der Waals surface area contributed by atoms with Gasteiger partial charge in [0.25, 0.3) is 0 Å². The van der Waals surface area contributed by atoms with E-state index in [1.807, 2.05) is 65.0 Å². The summed E-state index contributed by atoms with van der Waals surface area (Å²) in [6.45, 7) is 9.77. The average molecular weight is 377 g/mol. The normalized spacial score (nSPS) is 20.8. The van der Waals surface area contributed by atoms with E-state index in [0.29, 0.717) is 13.2 Å². The van der Waals surface area contributed by atoms with Crippen LogP contribution < -0.4 is 0 Å². The van der Waals surface area contributed by atoms with E-state index >= 15 is 0 Å². The molecule has 150 valence electrons. The smallest absolute Gasteiger partial charge is 0.413 e. The van der Waals surface area contributed by atoms with E-state index in [4.69, 9.17) is 14.2 Å². The molecular weight excluding hydrogens is 346 g/mol. The van der Waals surface area contributed by atoms with E-state index in [9.17, 15) is 9.90 Å². The third-order valence-corrected chi connectivity index (χ3v) is 4.20. The van der Waals surface area contributed by atoms with Crippen LogP contribution in [-0.4, -0.2) is 52.8 Å². The topological polar surface area (TPSA) is 68.2 Å². The number of rotatable bonds is 6. The van der Waals surface area contributed by atoms with Gasteiger partial charge in [-0.2, -0.15) is 0 Å². The molecule has 6 heteroatoms. The second-order valence-corrected chi connectivity index (χ2v) is 8.05. The van der Waals surface area contributed by atoms with Crippen molar-refractivity contribution in [1.82, 2.24) is 4.90 Å². The SMILES string of the molecule is CC(C)(C)OC(=O)N1[C@H]([C@@H](/C=C/CO)OCc2ccccc2)COC1(C)C.